The largest absolute Gasteiger partial charge is 0.473 e. The van der Waals surface area contributed by atoms with Gasteiger partial charge in [-0.15, -0.1) is 0 Å². The molecule has 74 valence electrons. The van der Waals surface area contributed by atoms with Crippen LogP contribution in [0.15, 0.2) is 30.5 Å². The minimum Gasteiger partial charge on any atom is -0.473 e. The van der Waals surface area contributed by atoms with Crippen molar-refractivity contribution in [2.75, 3.05) is 6.61 Å². The van der Waals surface area contributed by atoms with Crippen LogP contribution in [-0.2, 0) is 0 Å². The van der Waals surface area contributed by atoms with Gasteiger partial charge in [0.05, 0.1) is 0 Å². The predicted molar refractivity (Wildman–Crippen MR) is 54.6 cm³/mol. The van der Waals surface area contributed by atoms with Crippen molar-refractivity contribution in [3.63, 3.8) is 0 Å². The number of carbonyl (C=O) groups is 1. The normalized spacial score (nSPS) is 10.4. The van der Waals surface area contributed by atoms with Crippen molar-refractivity contribution in [3.05, 3.63) is 36.0 Å². The lowest BCUT2D eigenvalue weighted by Crippen LogP contribution is -1.98. The van der Waals surface area contributed by atoms with E-state index in [0.717, 1.165) is 0 Å². The van der Waals surface area contributed by atoms with Crippen molar-refractivity contribution >= 4 is 5.78 Å². The maximum atomic E-state index is 11.0. The second-order valence-electron chi connectivity index (χ2n) is 2.82. The number of carbonyl (C=O) groups excluding carboxylic acids is 1. The Balaban J connectivity index is 2.68. The van der Waals surface area contributed by atoms with Crippen LogP contribution in [0.2, 0.25) is 0 Å². The van der Waals surface area contributed by atoms with Crippen LogP contribution in [0.1, 0.15) is 24.2 Å². The highest BCUT2D eigenvalue weighted by atomic mass is 16.5. The molecule has 0 saturated heterocycles. The zero-order valence-electron chi connectivity index (χ0n) is 8.36. The topological polar surface area (TPSA) is 39.2 Å². The molecule has 0 spiro atoms. The summed E-state index contributed by atoms with van der Waals surface area (Å²) in [6.07, 6.45) is 5.35. The Bertz CT molecular complexity index is 345. The lowest BCUT2D eigenvalue weighted by Gasteiger charge is -2.02. The van der Waals surface area contributed by atoms with Gasteiger partial charge in [0, 0.05) is 17.8 Å². The van der Waals surface area contributed by atoms with E-state index in [0.29, 0.717) is 18.1 Å². The maximum Gasteiger partial charge on any atom is 0.214 e. The van der Waals surface area contributed by atoms with Crippen molar-refractivity contribution in [1.82, 2.24) is 4.98 Å². The smallest absolute Gasteiger partial charge is 0.214 e. The first-order valence-corrected chi connectivity index (χ1v) is 4.45. The minimum atomic E-state index is 0.0169. The van der Waals surface area contributed by atoms with E-state index in [1.54, 1.807) is 18.3 Å². The lowest BCUT2D eigenvalue weighted by molar-refractivity contribution is 0.101. The molecule has 0 unspecified atom stereocenters. The highest BCUT2D eigenvalue weighted by Crippen LogP contribution is 2.09. The molecule has 0 amide bonds. The Morgan fingerprint density at radius 1 is 1.64 bits per heavy atom. The molecule has 1 aromatic heterocycles. The van der Waals surface area contributed by atoms with Crippen LogP contribution in [0.3, 0.4) is 0 Å². The standard InChI is InChI=1S/C11H13NO2/c1-3-4-7-14-11-8-10(9(2)13)5-6-12-11/h3-6,8H,7H2,1-2H3. The van der Waals surface area contributed by atoms with Gasteiger partial charge in [0.25, 0.3) is 0 Å². The fourth-order valence-corrected chi connectivity index (χ4v) is 0.937. The Labute approximate surface area is 83.4 Å². The van der Waals surface area contributed by atoms with E-state index >= 15 is 0 Å². The summed E-state index contributed by atoms with van der Waals surface area (Å²) >= 11 is 0. The van der Waals surface area contributed by atoms with E-state index in [2.05, 4.69) is 4.98 Å². The van der Waals surface area contributed by atoms with Gasteiger partial charge in [0.15, 0.2) is 5.78 Å². The molecule has 0 aromatic carbocycles. The molecule has 0 aliphatic heterocycles. The van der Waals surface area contributed by atoms with Crippen LogP contribution < -0.4 is 4.74 Å². The predicted octanol–water partition coefficient (Wildman–Crippen LogP) is 2.24. The number of nitrogens with zero attached hydrogens (tertiary/aromatic N) is 1. The SMILES string of the molecule is CC=CCOc1cc(C(C)=O)ccn1. The molecule has 0 N–H and O–H groups in total. The number of hydrogen-bond donors (Lipinski definition) is 0. The molecule has 0 fully saturated rings. The molecular formula is C11H13NO2. The number of Topliss-reactive ketones (excluding diaryl/α,β-unsaturated/α-hetero) is 1. The van der Waals surface area contributed by atoms with Gasteiger partial charge >= 0.3 is 0 Å². The summed E-state index contributed by atoms with van der Waals surface area (Å²) in [5.74, 6) is 0.499. The molecule has 3 nitrogen and oxygen atoms in total. The summed E-state index contributed by atoms with van der Waals surface area (Å²) in [5.41, 5.74) is 0.621. The Hall–Kier alpha value is -1.64. The highest BCUT2D eigenvalue weighted by molar-refractivity contribution is 5.94. The number of allylic oxidation sites excluding steroid dienone is 1. The Morgan fingerprint density at radius 2 is 2.43 bits per heavy atom. The van der Waals surface area contributed by atoms with Crippen molar-refractivity contribution in [3.8, 4) is 5.88 Å². The average molecular weight is 191 g/mol. The van der Waals surface area contributed by atoms with Crippen LogP contribution >= 0.6 is 0 Å². The number of hydrogen-bond acceptors (Lipinski definition) is 3. The van der Waals surface area contributed by atoms with Crippen LogP contribution in [0, 0.1) is 0 Å². The summed E-state index contributed by atoms with van der Waals surface area (Å²) in [5, 5.41) is 0. The molecule has 0 bridgehead atoms. The number of ketones is 1. The summed E-state index contributed by atoms with van der Waals surface area (Å²) in [6.45, 7) is 3.92. The van der Waals surface area contributed by atoms with Crippen LogP contribution in [0.25, 0.3) is 0 Å². The van der Waals surface area contributed by atoms with Crippen molar-refractivity contribution < 1.29 is 9.53 Å². The van der Waals surface area contributed by atoms with E-state index < -0.39 is 0 Å². The third kappa shape index (κ3) is 3.01. The van der Waals surface area contributed by atoms with Crippen LogP contribution in [0.5, 0.6) is 5.88 Å². The fraction of sp³-hybridized carbons (Fsp3) is 0.273. The van der Waals surface area contributed by atoms with Crippen LogP contribution in [-0.4, -0.2) is 17.4 Å². The molecule has 1 rings (SSSR count). The second-order valence-corrected chi connectivity index (χ2v) is 2.82. The van der Waals surface area contributed by atoms with Gasteiger partial charge in [-0.25, -0.2) is 4.98 Å². The van der Waals surface area contributed by atoms with Gasteiger partial charge < -0.3 is 4.74 Å². The molecule has 0 aliphatic rings. The van der Waals surface area contributed by atoms with Gasteiger partial charge in [0.1, 0.15) is 6.61 Å². The average Bonchev–Trinajstić information content (AvgIpc) is 2.19. The zero-order chi connectivity index (χ0) is 10.4. The molecule has 3 heteroatoms. The van der Waals surface area contributed by atoms with Crippen LogP contribution in [0.4, 0.5) is 0 Å². The molecule has 0 radical (unpaired) electrons. The van der Waals surface area contributed by atoms with Gasteiger partial charge in [0.2, 0.25) is 5.88 Å². The first-order chi connectivity index (χ1) is 6.74. The van der Waals surface area contributed by atoms with Crippen molar-refractivity contribution in [2.24, 2.45) is 0 Å². The molecule has 0 atom stereocenters. The molecule has 0 aliphatic carbocycles. The number of rotatable bonds is 4. The number of pyridine rings is 1. The molecular weight excluding hydrogens is 178 g/mol. The van der Waals surface area contributed by atoms with E-state index in [1.807, 2.05) is 19.1 Å². The zero-order valence-corrected chi connectivity index (χ0v) is 8.36. The quantitative estimate of drug-likeness (QED) is 0.541. The summed E-state index contributed by atoms with van der Waals surface area (Å²) < 4.78 is 5.29. The molecule has 14 heavy (non-hydrogen) atoms. The Morgan fingerprint density at radius 3 is 3.07 bits per heavy atom. The van der Waals surface area contributed by atoms with Gasteiger partial charge in [-0.05, 0) is 19.9 Å². The summed E-state index contributed by atoms with van der Waals surface area (Å²) in [4.78, 5) is 15.0. The van der Waals surface area contributed by atoms with Crippen molar-refractivity contribution in [2.45, 2.75) is 13.8 Å². The van der Waals surface area contributed by atoms with E-state index in [1.165, 1.54) is 6.92 Å². The highest BCUT2D eigenvalue weighted by Gasteiger charge is 2.01. The first kappa shape index (κ1) is 10.4. The second kappa shape index (κ2) is 5.17. The van der Waals surface area contributed by atoms with Gasteiger partial charge in [-0.1, -0.05) is 12.2 Å². The molecule has 1 heterocycles. The monoisotopic (exact) mass is 191 g/mol. The fourth-order valence-electron chi connectivity index (χ4n) is 0.937. The van der Waals surface area contributed by atoms with Gasteiger partial charge in [-0.3, -0.25) is 4.79 Å². The van der Waals surface area contributed by atoms with Crippen molar-refractivity contribution in [1.29, 1.82) is 0 Å². The maximum absolute atomic E-state index is 11.0. The first-order valence-electron chi connectivity index (χ1n) is 4.45. The Kier molecular flexibility index (Phi) is 3.85. The molecule has 1 aromatic rings. The number of ether oxygens (including phenoxy) is 1. The number of aromatic nitrogens is 1. The lowest BCUT2D eigenvalue weighted by atomic mass is 10.2. The van der Waals surface area contributed by atoms with E-state index in [-0.39, 0.29) is 5.78 Å². The van der Waals surface area contributed by atoms with E-state index in [4.69, 9.17) is 4.74 Å². The summed E-state index contributed by atoms with van der Waals surface area (Å²) in [6, 6.07) is 3.32. The van der Waals surface area contributed by atoms with E-state index in [9.17, 15) is 4.79 Å². The van der Waals surface area contributed by atoms with Gasteiger partial charge in [-0.2, -0.15) is 0 Å². The molecule has 0 saturated carbocycles. The summed E-state index contributed by atoms with van der Waals surface area (Å²) in [7, 11) is 0. The minimum absolute atomic E-state index is 0.0169. The third-order valence-electron chi connectivity index (χ3n) is 1.70. The third-order valence-corrected chi connectivity index (χ3v) is 1.70.